The number of amides is 2. The monoisotopic (exact) mass is 192 g/mol. The number of anilines is 1. The first-order valence-corrected chi connectivity index (χ1v) is 4.51. The molecule has 0 spiro atoms. The summed E-state index contributed by atoms with van der Waals surface area (Å²) in [5.41, 5.74) is 6.49. The second kappa shape index (κ2) is 3.63. The molecule has 3 N–H and O–H groups in total. The molecule has 0 atom stereocenters. The van der Waals surface area contributed by atoms with Gasteiger partial charge in [0.05, 0.1) is 0 Å². The Morgan fingerprint density at radius 1 is 1.64 bits per heavy atom. The number of hydrogen-bond donors (Lipinski definition) is 2. The smallest absolute Gasteiger partial charge is 0.323 e. The molecule has 1 aliphatic heterocycles. The summed E-state index contributed by atoms with van der Waals surface area (Å²) in [6.45, 7) is 1.80. The zero-order valence-electron chi connectivity index (χ0n) is 7.73. The van der Waals surface area contributed by atoms with Gasteiger partial charge in [0, 0.05) is 25.8 Å². The van der Waals surface area contributed by atoms with Gasteiger partial charge in [-0.3, -0.25) is 4.90 Å². The molecular formula is C9H12N4O. The molecule has 74 valence electrons. The normalized spacial score (nSPS) is 15.8. The molecule has 1 saturated heterocycles. The molecule has 14 heavy (non-hydrogen) atoms. The van der Waals surface area contributed by atoms with E-state index in [-0.39, 0.29) is 6.03 Å². The number of hydrogen-bond acceptors (Lipinski definition) is 3. The number of nitrogens with two attached hydrogens (primary N) is 1. The van der Waals surface area contributed by atoms with Crippen LogP contribution in [0.3, 0.4) is 0 Å². The molecule has 5 nitrogen and oxygen atoms in total. The molecule has 0 aliphatic carbocycles. The lowest BCUT2D eigenvalue weighted by Gasteiger charge is -2.13. The maximum atomic E-state index is 11.3. The van der Waals surface area contributed by atoms with E-state index in [4.69, 9.17) is 5.73 Å². The van der Waals surface area contributed by atoms with Crippen molar-refractivity contribution in [2.45, 2.75) is 6.54 Å². The van der Waals surface area contributed by atoms with Crippen molar-refractivity contribution < 1.29 is 4.79 Å². The van der Waals surface area contributed by atoms with Crippen LogP contribution in [0.5, 0.6) is 0 Å². The average Bonchev–Trinajstić information content (AvgIpc) is 2.65. The molecule has 2 heterocycles. The first-order valence-electron chi connectivity index (χ1n) is 4.51. The van der Waals surface area contributed by atoms with Gasteiger partial charge in [-0.05, 0) is 17.7 Å². The first-order chi connectivity index (χ1) is 6.81. The Morgan fingerprint density at radius 3 is 3.14 bits per heavy atom. The van der Waals surface area contributed by atoms with E-state index in [1.165, 1.54) is 0 Å². The fraction of sp³-hybridized carbons (Fsp3) is 0.333. The van der Waals surface area contributed by atoms with Crippen molar-refractivity contribution in [1.29, 1.82) is 0 Å². The Balaban J connectivity index is 2.26. The van der Waals surface area contributed by atoms with Crippen LogP contribution in [0.4, 0.5) is 10.6 Å². The molecule has 0 bridgehead atoms. The Hall–Kier alpha value is -1.62. The number of carbonyl (C=O) groups is 1. The third-order valence-corrected chi connectivity index (χ3v) is 2.18. The number of nitrogens with one attached hydrogen (secondary N) is 1. The Labute approximate surface area is 81.9 Å². The van der Waals surface area contributed by atoms with Crippen LogP contribution in [-0.4, -0.2) is 24.1 Å². The van der Waals surface area contributed by atoms with Crippen molar-refractivity contribution in [2.24, 2.45) is 5.73 Å². The van der Waals surface area contributed by atoms with Gasteiger partial charge in [0.25, 0.3) is 0 Å². The molecule has 1 aromatic heterocycles. The lowest BCUT2D eigenvalue weighted by Crippen LogP contribution is -2.28. The quantitative estimate of drug-likeness (QED) is 0.696. The summed E-state index contributed by atoms with van der Waals surface area (Å²) in [5, 5.41) is 2.72. The first kappa shape index (κ1) is 8.96. The number of rotatable bonds is 2. The van der Waals surface area contributed by atoms with Gasteiger partial charge >= 0.3 is 6.03 Å². The second-order valence-corrected chi connectivity index (χ2v) is 3.11. The van der Waals surface area contributed by atoms with E-state index in [0.29, 0.717) is 25.5 Å². The maximum Gasteiger partial charge on any atom is 0.323 e. The van der Waals surface area contributed by atoms with E-state index < -0.39 is 0 Å². The molecule has 0 aromatic carbocycles. The van der Waals surface area contributed by atoms with Crippen LogP contribution in [0, 0.1) is 0 Å². The number of urea groups is 1. The predicted octanol–water partition coefficient (Wildman–Crippen LogP) is 0.0699. The van der Waals surface area contributed by atoms with Gasteiger partial charge in [0.15, 0.2) is 0 Å². The number of pyridine rings is 1. The highest BCUT2D eigenvalue weighted by Gasteiger charge is 2.21. The van der Waals surface area contributed by atoms with Crippen molar-refractivity contribution in [1.82, 2.24) is 10.3 Å². The second-order valence-electron chi connectivity index (χ2n) is 3.11. The molecule has 0 saturated carbocycles. The van der Waals surface area contributed by atoms with Gasteiger partial charge in [-0.15, -0.1) is 0 Å². The number of carbonyl (C=O) groups excluding carboxylic acids is 1. The maximum absolute atomic E-state index is 11.3. The highest BCUT2D eigenvalue weighted by atomic mass is 16.2. The number of nitrogens with zero attached hydrogens (tertiary/aromatic N) is 2. The Bertz CT molecular complexity index is 352. The zero-order valence-corrected chi connectivity index (χ0v) is 7.73. The van der Waals surface area contributed by atoms with E-state index in [0.717, 1.165) is 5.56 Å². The summed E-state index contributed by atoms with van der Waals surface area (Å²) in [6, 6.07) is 3.59. The molecule has 2 amide bonds. The van der Waals surface area contributed by atoms with Gasteiger partial charge in [0.1, 0.15) is 5.82 Å². The highest BCUT2D eigenvalue weighted by molar-refractivity contribution is 5.93. The lowest BCUT2D eigenvalue weighted by atomic mass is 10.2. The fourth-order valence-corrected chi connectivity index (χ4v) is 1.43. The molecule has 2 rings (SSSR count). The van der Waals surface area contributed by atoms with Gasteiger partial charge in [-0.2, -0.15) is 0 Å². The topological polar surface area (TPSA) is 71.2 Å². The van der Waals surface area contributed by atoms with Gasteiger partial charge in [0.2, 0.25) is 0 Å². The van der Waals surface area contributed by atoms with Crippen molar-refractivity contribution in [3.05, 3.63) is 23.9 Å². The van der Waals surface area contributed by atoms with Crippen molar-refractivity contribution in [2.75, 3.05) is 18.0 Å². The van der Waals surface area contributed by atoms with Gasteiger partial charge in [-0.1, -0.05) is 0 Å². The molecule has 1 aliphatic rings. The molecule has 0 unspecified atom stereocenters. The third kappa shape index (κ3) is 1.54. The summed E-state index contributed by atoms with van der Waals surface area (Å²) in [5.74, 6) is 0.669. The summed E-state index contributed by atoms with van der Waals surface area (Å²) in [7, 11) is 0. The minimum atomic E-state index is -0.0910. The standard InChI is InChI=1S/C9H12N4O/c10-6-7-1-2-11-8(5-7)13-4-3-12-9(13)14/h1-2,5H,3-4,6,10H2,(H,12,14). The minimum absolute atomic E-state index is 0.0910. The summed E-state index contributed by atoms with van der Waals surface area (Å²) >= 11 is 0. The SMILES string of the molecule is NCc1ccnc(N2CCNC2=O)c1. The van der Waals surface area contributed by atoms with Crippen LogP contribution in [0.2, 0.25) is 0 Å². The van der Waals surface area contributed by atoms with Crippen LogP contribution in [-0.2, 0) is 6.54 Å². The van der Waals surface area contributed by atoms with Crippen LogP contribution < -0.4 is 16.0 Å². The summed E-state index contributed by atoms with van der Waals surface area (Å²) < 4.78 is 0. The zero-order chi connectivity index (χ0) is 9.97. The Kier molecular flexibility index (Phi) is 2.32. The van der Waals surface area contributed by atoms with E-state index in [2.05, 4.69) is 10.3 Å². The van der Waals surface area contributed by atoms with E-state index in [9.17, 15) is 4.79 Å². The van der Waals surface area contributed by atoms with E-state index in [1.54, 1.807) is 11.1 Å². The lowest BCUT2D eigenvalue weighted by molar-refractivity contribution is 0.252. The highest BCUT2D eigenvalue weighted by Crippen LogP contribution is 2.14. The van der Waals surface area contributed by atoms with Crippen molar-refractivity contribution >= 4 is 11.8 Å². The fourth-order valence-electron chi connectivity index (χ4n) is 1.43. The van der Waals surface area contributed by atoms with Crippen molar-refractivity contribution in [3.63, 3.8) is 0 Å². The summed E-state index contributed by atoms with van der Waals surface area (Å²) in [6.07, 6.45) is 1.67. The number of aromatic nitrogens is 1. The average molecular weight is 192 g/mol. The molecule has 1 fully saturated rings. The molecule has 5 heteroatoms. The predicted molar refractivity (Wildman–Crippen MR) is 52.9 cm³/mol. The van der Waals surface area contributed by atoms with E-state index >= 15 is 0 Å². The van der Waals surface area contributed by atoms with Crippen LogP contribution >= 0.6 is 0 Å². The van der Waals surface area contributed by atoms with Gasteiger partial charge in [-0.25, -0.2) is 9.78 Å². The minimum Gasteiger partial charge on any atom is -0.336 e. The largest absolute Gasteiger partial charge is 0.336 e. The van der Waals surface area contributed by atoms with Crippen LogP contribution in [0.1, 0.15) is 5.56 Å². The molecule has 0 radical (unpaired) electrons. The van der Waals surface area contributed by atoms with Crippen molar-refractivity contribution in [3.8, 4) is 0 Å². The van der Waals surface area contributed by atoms with E-state index in [1.807, 2.05) is 12.1 Å². The van der Waals surface area contributed by atoms with Crippen LogP contribution in [0.25, 0.3) is 0 Å². The van der Waals surface area contributed by atoms with Gasteiger partial charge < -0.3 is 11.1 Å². The summed E-state index contributed by atoms with van der Waals surface area (Å²) in [4.78, 5) is 17.1. The third-order valence-electron chi connectivity index (χ3n) is 2.18. The molecule has 1 aromatic rings. The van der Waals surface area contributed by atoms with Crippen LogP contribution in [0.15, 0.2) is 18.3 Å². The molecular weight excluding hydrogens is 180 g/mol. The Morgan fingerprint density at radius 2 is 2.50 bits per heavy atom.